The molecule has 0 atom stereocenters. The van der Waals surface area contributed by atoms with Crippen molar-refractivity contribution in [1.29, 1.82) is 0 Å². The van der Waals surface area contributed by atoms with Gasteiger partial charge in [-0.05, 0) is 29.8 Å². The van der Waals surface area contributed by atoms with E-state index in [0.29, 0.717) is 23.0 Å². The minimum absolute atomic E-state index is 0.254. The van der Waals surface area contributed by atoms with E-state index in [4.69, 9.17) is 21.7 Å². The monoisotopic (exact) mass is 305 g/mol. The number of nitrogens with one attached hydrogen (secondary N) is 1. The van der Waals surface area contributed by atoms with Crippen LogP contribution in [-0.2, 0) is 6.54 Å². The van der Waals surface area contributed by atoms with Crippen LogP contribution in [0.25, 0.3) is 0 Å². The van der Waals surface area contributed by atoms with E-state index >= 15 is 0 Å². The van der Waals surface area contributed by atoms with E-state index < -0.39 is 0 Å². The lowest BCUT2D eigenvalue weighted by Crippen LogP contribution is -2.22. The SMILES string of the molecule is COc1cccc(C(=S)NCc2ccc(F)cc2)c1OC. The van der Waals surface area contributed by atoms with Gasteiger partial charge in [-0.3, -0.25) is 0 Å². The summed E-state index contributed by atoms with van der Waals surface area (Å²) in [5.74, 6) is 0.966. The number of ether oxygens (including phenoxy) is 2. The van der Waals surface area contributed by atoms with Crippen molar-refractivity contribution < 1.29 is 13.9 Å². The number of halogens is 1. The molecule has 0 heterocycles. The van der Waals surface area contributed by atoms with Gasteiger partial charge in [0.2, 0.25) is 0 Å². The molecular weight excluding hydrogens is 289 g/mol. The smallest absolute Gasteiger partial charge is 0.170 e. The molecule has 0 fully saturated rings. The van der Waals surface area contributed by atoms with Crippen molar-refractivity contribution >= 4 is 17.2 Å². The lowest BCUT2D eigenvalue weighted by atomic mass is 10.1. The molecule has 110 valence electrons. The van der Waals surface area contributed by atoms with Crippen molar-refractivity contribution in [2.24, 2.45) is 0 Å². The zero-order valence-electron chi connectivity index (χ0n) is 11.9. The van der Waals surface area contributed by atoms with Gasteiger partial charge in [-0.1, -0.05) is 30.4 Å². The summed E-state index contributed by atoms with van der Waals surface area (Å²) in [5.41, 5.74) is 1.70. The summed E-state index contributed by atoms with van der Waals surface area (Å²) in [6.45, 7) is 0.513. The molecule has 0 aromatic heterocycles. The van der Waals surface area contributed by atoms with Gasteiger partial charge in [0.25, 0.3) is 0 Å². The van der Waals surface area contributed by atoms with E-state index in [1.54, 1.807) is 26.4 Å². The van der Waals surface area contributed by atoms with Crippen molar-refractivity contribution in [3.63, 3.8) is 0 Å². The number of benzene rings is 2. The van der Waals surface area contributed by atoms with Crippen LogP contribution in [0.2, 0.25) is 0 Å². The molecule has 0 radical (unpaired) electrons. The average Bonchev–Trinajstić information content (AvgIpc) is 2.53. The minimum atomic E-state index is -0.254. The van der Waals surface area contributed by atoms with Crippen LogP contribution in [-0.4, -0.2) is 19.2 Å². The quantitative estimate of drug-likeness (QED) is 0.859. The highest BCUT2D eigenvalue weighted by Crippen LogP contribution is 2.30. The second-order valence-corrected chi connectivity index (χ2v) is 4.76. The van der Waals surface area contributed by atoms with Crippen LogP contribution < -0.4 is 14.8 Å². The van der Waals surface area contributed by atoms with Gasteiger partial charge in [0, 0.05) is 6.54 Å². The molecule has 1 N–H and O–H groups in total. The fraction of sp³-hybridized carbons (Fsp3) is 0.188. The van der Waals surface area contributed by atoms with Gasteiger partial charge in [0.15, 0.2) is 11.5 Å². The standard InChI is InChI=1S/C16H16FNO2S/c1-19-14-5-3-4-13(15(14)20-2)16(21)18-10-11-6-8-12(17)9-7-11/h3-9H,10H2,1-2H3,(H,18,21). The Hall–Kier alpha value is -2.14. The maximum Gasteiger partial charge on any atom is 0.170 e. The number of methoxy groups -OCH3 is 2. The molecule has 0 bridgehead atoms. The van der Waals surface area contributed by atoms with Crippen LogP contribution in [0.4, 0.5) is 4.39 Å². The molecule has 0 aliphatic rings. The van der Waals surface area contributed by atoms with Crippen molar-refractivity contribution in [2.75, 3.05) is 14.2 Å². The molecule has 2 aromatic rings. The Labute approximate surface area is 128 Å². The van der Waals surface area contributed by atoms with E-state index in [9.17, 15) is 4.39 Å². The summed E-state index contributed by atoms with van der Waals surface area (Å²) in [4.78, 5) is 0.551. The van der Waals surface area contributed by atoms with Gasteiger partial charge in [0.1, 0.15) is 10.8 Å². The van der Waals surface area contributed by atoms with Crippen molar-refractivity contribution in [2.45, 2.75) is 6.54 Å². The minimum Gasteiger partial charge on any atom is -0.493 e. The first-order valence-electron chi connectivity index (χ1n) is 6.39. The Morgan fingerprint density at radius 3 is 2.43 bits per heavy atom. The third kappa shape index (κ3) is 3.70. The number of thiocarbonyl (C=S) groups is 1. The first-order valence-corrected chi connectivity index (χ1v) is 6.80. The molecule has 0 aliphatic carbocycles. The Kier molecular flexibility index (Phi) is 5.11. The Morgan fingerprint density at radius 1 is 1.10 bits per heavy atom. The number of rotatable bonds is 5. The van der Waals surface area contributed by atoms with Gasteiger partial charge in [-0.2, -0.15) is 0 Å². The molecule has 0 aliphatic heterocycles. The molecule has 2 aromatic carbocycles. The number of hydrogen-bond donors (Lipinski definition) is 1. The van der Waals surface area contributed by atoms with Crippen molar-refractivity contribution in [3.8, 4) is 11.5 Å². The summed E-state index contributed by atoms with van der Waals surface area (Å²) in [5, 5.41) is 3.13. The molecule has 0 amide bonds. The first kappa shape index (κ1) is 15.3. The molecule has 0 saturated carbocycles. The summed E-state index contributed by atoms with van der Waals surface area (Å²) < 4.78 is 23.5. The van der Waals surface area contributed by atoms with Crippen LogP contribution in [0, 0.1) is 5.82 Å². The Morgan fingerprint density at radius 2 is 1.81 bits per heavy atom. The highest BCUT2D eigenvalue weighted by Gasteiger charge is 2.13. The van der Waals surface area contributed by atoms with E-state index in [1.807, 2.05) is 18.2 Å². The zero-order valence-corrected chi connectivity index (χ0v) is 12.7. The largest absolute Gasteiger partial charge is 0.493 e. The van der Waals surface area contributed by atoms with Crippen LogP contribution in [0.1, 0.15) is 11.1 Å². The maximum absolute atomic E-state index is 12.9. The molecular formula is C16H16FNO2S. The van der Waals surface area contributed by atoms with Gasteiger partial charge in [0.05, 0.1) is 19.8 Å². The fourth-order valence-electron chi connectivity index (χ4n) is 1.95. The zero-order chi connectivity index (χ0) is 15.2. The summed E-state index contributed by atoms with van der Waals surface area (Å²) in [7, 11) is 3.15. The predicted molar refractivity (Wildman–Crippen MR) is 84.5 cm³/mol. The van der Waals surface area contributed by atoms with Crippen LogP contribution in [0.15, 0.2) is 42.5 Å². The highest BCUT2D eigenvalue weighted by atomic mass is 32.1. The topological polar surface area (TPSA) is 30.5 Å². The first-order chi connectivity index (χ1) is 10.2. The Bertz CT molecular complexity index is 629. The van der Waals surface area contributed by atoms with Crippen LogP contribution in [0.3, 0.4) is 0 Å². The predicted octanol–water partition coefficient (Wildman–Crippen LogP) is 3.31. The van der Waals surface area contributed by atoms with E-state index in [-0.39, 0.29) is 5.82 Å². The molecule has 0 saturated heterocycles. The van der Waals surface area contributed by atoms with E-state index in [2.05, 4.69) is 5.32 Å². The van der Waals surface area contributed by atoms with Gasteiger partial charge in [-0.25, -0.2) is 4.39 Å². The highest BCUT2D eigenvalue weighted by molar-refractivity contribution is 7.80. The van der Waals surface area contributed by atoms with Crippen LogP contribution >= 0.6 is 12.2 Å². The molecule has 3 nitrogen and oxygen atoms in total. The lowest BCUT2D eigenvalue weighted by molar-refractivity contribution is 0.354. The molecule has 21 heavy (non-hydrogen) atoms. The Balaban J connectivity index is 2.11. The van der Waals surface area contributed by atoms with Gasteiger partial charge in [-0.15, -0.1) is 0 Å². The molecule has 5 heteroatoms. The molecule has 0 unspecified atom stereocenters. The molecule has 2 rings (SSSR count). The fourth-order valence-corrected chi connectivity index (χ4v) is 2.18. The van der Waals surface area contributed by atoms with E-state index in [1.165, 1.54) is 12.1 Å². The summed E-state index contributed by atoms with van der Waals surface area (Å²) >= 11 is 5.39. The third-order valence-electron chi connectivity index (χ3n) is 3.01. The van der Waals surface area contributed by atoms with Crippen molar-refractivity contribution in [1.82, 2.24) is 5.32 Å². The number of hydrogen-bond acceptors (Lipinski definition) is 3. The second-order valence-electron chi connectivity index (χ2n) is 4.35. The average molecular weight is 305 g/mol. The maximum atomic E-state index is 12.9. The summed E-state index contributed by atoms with van der Waals surface area (Å²) in [6.07, 6.45) is 0. The number of para-hydroxylation sites is 1. The third-order valence-corrected chi connectivity index (χ3v) is 3.38. The normalized spacial score (nSPS) is 10.0. The van der Waals surface area contributed by atoms with Gasteiger partial charge < -0.3 is 14.8 Å². The second kappa shape index (κ2) is 7.04. The summed E-state index contributed by atoms with van der Waals surface area (Å²) in [6, 6.07) is 11.8. The van der Waals surface area contributed by atoms with Crippen molar-refractivity contribution in [3.05, 3.63) is 59.4 Å². The van der Waals surface area contributed by atoms with E-state index in [0.717, 1.165) is 11.1 Å². The van der Waals surface area contributed by atoms with Gasteiger partial charge >= 0.3 is 0 Å². The van der Waals surface area contributed by atoms with Crippen LogP contribution in [0.5, 0.6) is 11.5 Å². The lowest BCUT2D eigenvalue weighted by Gasteiger charge is -2.14. The molecule has 0 spiro atoms.